The first kappa shape index (κ1) is 17.9. The molecule has 0 spiro atoms. The lowest BCUT2D eigenvalue weighted by Gasteiger charge is -2.04. The molecule has 0 atom stereocenters. The van der Waals surface area contributed by atoms with Crippen LogP contribution in [0.3, 0.4) is 0 Å². The van der Waals surface area contributed by atoms with E-state index < -0.39 is 5.97 Å². The minimum atomic E-state index is -0.483. The summed E-state index contributed by atoms with van der Waals surface area (Å²) in [7, 11) is 2.90. The van der Waals surface area contributed by atoms with Crippen molar-refractivity contribution in [1.82, 2.24) is 0 Å². The Hall–Kier alpha value is -2.41. The van der Waals surface area contributed by atoms with Crippen LogP contribution in [0.4, 0.5) is 0 Å². The van der Waals surface area contributed by atoms with Gasteiger partial charge in [-0.1, -0.05) is 0 Å². The molecule has 0 radical (unpaired) electrons. The summed E-state index contributed by atoms with van der Waals surface area (Å²) in [5.74, 6) is 0.914. The molecule has 2 rings (SSSR count). The lowest BCUT2D eigenvalue weighted by molar-refractivity contribution is -0.142. The second kappa shape index (κ2) is 8.44. The summed E-state index contributed by atoms with van der Waals surface area (Å²) in [6.07, 6.45) is 0. The third-order valence-electron chi connectivity index (χ3n) is 3.17. The van der Waals surface area contributed by atoms with Crippen molar-refractivity contribution in [3.63, 3.8) is 0 Å². The van der Waals surface area contributed by atoms with Crippen LogP contribution in [-0.2, 0) is 20.9 Å². The van der Waals surface area contributed by atoms with Crippen molar-refractivity contribution in [1.29, 1.82) is 0 Å². The quantitative estimate of drug-likeness (QED) is 0.560. The Morgan fingerprint density at radius 2 is 1.88 bits per heavy atom. The summed E-state index contributed by atoms with van der Waals surface area (Å²) in [5, 5.41) is 0. The number of carbonyl (C=O) groups excluding carboxylic acids is 2. The van der Waals surface area contributed by atoms with Gasteiger partial charge in [-0.2, -0.15) is 0 Å². The highest BCUT2D eigenvalue weighted by Gasteiger charge is 2.16. The highest BCUT2D eigenvalue weighted by atomic mass is 32.2. The van der Waals surface area contributed by atoms with Gasteiger partial charge in [0.15, 0.2) is 0 Å². The van der Waals surface area contributed by atoms with Gasteiger partial charge >= 0.3 is 11.9 Å². The van der Waals surface area contributed by atoms with Crippen molar-refractivity contribution >= 4 is 23.7 Å². The topological polar surface area (TPSA) is 75.0 Å². The highest BCUT2D eigenvalue weighted by Crippen LogP contribution is 2.22. The van der Waals surface area contributed by atoms with Crippen LogP contribution in [0, 0.1) is 6.92 Å². The number of furan rings is 1. The van der Waals surface area contributed by atoms with Gasteiger partial charge in [-0.05, 0) is 37.3 Å². The molecule has 0 bridgehead atoms. The molecule has 6 nitrogen and oxygen atoms in total. The predicted molar refractivity (Wildman–Crippen MR) is 88.3 cm³/mol. The maximum absolute atomic E-state index is 11.8. The molecule has 0 saturated carbocycles. The number of benzene rings is 1. The van der Waals surface area contributed by atoms with E-state index in [2.05, 4.69) is 4.74 Å². The normalized spacial score (nSPS) is 10.3. The number of aryl methyl sites for hydroxylation is 1. The fraction of sp³-hybridized carbons (Fsp3) is 0.294. The van der Waals surface area contributed by atoms with E-state index in [1.807, 2.05) is 24.3 Å². The molecule has 128 valence electrons. The maximum Gasteiger partial charge on any atom is 0.341 e. The van der Waals surface area contributed by atoms with Crippen molar-refractivity contribution in [2.75, 3.05) is 20.0 Å². The van der Waals surface area contributed by atoms with E-state index in [1.165, 1.54) is 24.9 Å². The van der Waals surface area contributed by atoms with E-state index in [9.17, 15) is 9.59 Å². The number of rotatable bonds is 7. The Morgan fingerprint density at radius 3 is 2.50 bits per heavy atom. The molecule has 0 unspecified atom stereocenters. The molecule has 2 aromatic rings. The first-order valence-electron chi connectivity index (χ1n) is 7.13. The van der Waals surface area contributed by atoms with Gasteiger partial charge in [0.1, 0.15) is 29.4 Å². The summed E-state index contributed by atoms with van der Waals surface area (Å²) < 4.78 is 20.2. The number of thioether (sulfide) groups is 1. The highest BCUT2D eigenvalue weighted by molar-refractivity contribution is 8.00. The summed E-state index contributed by atoms with van der Waals surface area (Å²) in [4.78, 5) is 24.2. The molecule has 1 heterocycles. The fourth-order valence-corrected chi connectivity index (χ4v) is 2.63. The van der Waals surface area contributed by atoms with E-state index in [0.29, 0.717) is 17.1 Å². The molecule has 0 fully saturated rings. The number of hydrogen-bond acceptors (Lipinski definition) is 7. The van der Waals surface area contributed by atoms with E-state index in [-0.39, 0.29) is 18.3 Å². The Bertz CT molecular complexity index is 704. The first-order valence-corrected chi connectivity index (χ1v) is 8.12. The van der Waals surface area contributed by atoms with Gasteiger partial charge < -0.3 is 18.6 Å². The van der Waals surface area contributed by atoms with Gasteiger partial charge in [-0.3, -0.25) is 4.79 Å². The molecule has 0 aliphatic carbocycles. The number of methoxy groups -OCH3 is 2. The van der Waals surface area contributed by atoms with Crippen LogP contribution < -0.4 is 4.74 Å². The Morgan fingerprint density at radius 1 is 1.17 bits per heavy atom. The third kappa shape index (κ3) is 4.79. The van der Waals surface area contributed by atoms with Crippen LogP contribution in [0.1, 0.15) is 21.9 Å². The summed E-state index contributed by atoms with van der Waals surface area (Å²) in [5.41, 5.74) is 0.330. The maximum atomic E-state index is 11.8. The number of esters is 2. The van der Waals surface area contributed by atoms with E-state index in [1.54, 1.807) is 14.0 Å². The number of carbonyl (C=O) groups is 2. The van der Waals surface area contributed by atoms with Crippen LogP contribution in [0.25, 0.3) is 0 Å². The number of hydrogen-bond donors (Lipinski definition) is 0. The van der Waals surface area contributed by atoms with Gasteiger partial charge in [-0.15, -0.1) is 11.8 Å². The standard InChI is InChI=1S/C17H18O6S/c1-11-15(17(19)21-3)8-13(23-11)9-22-16(18)10-24-14-6-4-12(20-2)5-7-14/h4-8H,9-10H2,1-3H3. The molecular weight excluding hydrogens is 332 g/mol. The molecule has 0 aliphatic heterocycles. The zero-order valence-electron chi connectivity index (χ0n) is 13.7. The molecule has 0 aliphatic rings. The van der Waals surface area contributed by atoms with Crippen molar-refractivity contribution in [3.05, 3.63) is 47.4 Å². The van der Waals surface area contributed by atoms with Gasteiger partial charge in [0.05, 0.1) is 20.0 Å². The lowest BCUT2D eigenvalue weighted by atomic mass is 10.2. The molecule has 0 amide bonds. The van der Waals surface area contributed by atoms with Crippen LogP contribution in [-0.4, -0.2) is 31.9 Å². The average molecular weight is 350 g/mol. The van der Waals surface area contributed by atoms with E-state index >= 15 is 0 Å². The fourth-order valence-electron chi connectivity index (χ4n) is 1.93. The van der Waals surface area contributed by atoms with Gasteiger partial charge in [-0.25, -0.2) is 4.79 Å². The van der Waals surface area contributed by atoms with E-state index in [4.69, 9.17) is 13.9 Å². The minimum Gasteiger partial charge on any atom is -0.497 e. The van der Waals surface area contributed by atoms with Gasteiger partial charge in [0, 0.05) is 4.90 Å². The van der Waals surface area contributed by atoms with Crippen molar-refractivity contribution < 1.29 is 28.2 Å². The van der Waals surface area contributed by atoms with Crippen LogP contribution >= 0.6 is 11.8 Å². The summed E-state index contributed by atoms with van der Waals surface area (Å²) in [6.45, 7) is 1.62. The molecule has 1 aromatic carbocycles. The third-order valence-corrected chi connectivity index (χ3v) is 4.15. The van der Waals surface area contributed by atoms with Gasteiger partial charge in [0.2, 0.25) is 0 Å². The SMILES string of the molecule is COC(=O)c1cc(COC(=O)CSc2ccc(OC)cc2)oc1C. The lowest BCUT2D eigenvalue weighted by Crippen LogP contribution is -2.07. The second-order valence-electron chi connectivity index (χ2n) is 4.80. The zero-order chi connectivity index (χ0) is 17.5. The molecule has 1 aromatic heterocycles. The van der Waals surface area contributed by atoms with Gasteiger partial charge in [0.25, 0.3) is 0 Å². The van der Waals surface area contributed by atoms with Crippen molar-refractivity contribution in [3.8, 4) is 5.75 Å². The monoisotopic (exact) mass is 350 g/mol. The Labute approximate surface area is 144 Å². The van der Waals surface area contributed by atoms with Crippen molar-refractivity contribution in [2.24, 2.45) is 0 Å². The molecule has 24 heavy (non-hydrogen) atoms. The average Bonchev–Trinajstić information content (AvgIpc) is 2.98. The van der Waals surface area contributed by atoms with Crippen LogP contribution in [0.15, 0.2) is 39.6 Å². The first-order chi connectivity index (χ1) is 11.5. The predicted octanol–water partition coefficient (Wildman–Crippen LogP) is 3.22. The largest absolute Gasteiger partial charge is 0.497 e. The summed E-state index contributed by atoms with van der Waals surface area (Å²) >= 11 is 1.36. The molecule has 0 N–H and O–H groups in total. The number of ether oxygens (including phenoxy) is 3. The molecule has 7 heteroatoms. The van der Waals surface area contributed by atoms with Crippen LogP contribution in [0.2, 0.25) is 0 Å². The Kier molecular flexibility index (Phi) is 6.31. The summed E-state index contributed by atoms with van der Waals surface area (Å²) in [6, 6.07) is 8.91. The molecule has 0 saturated heterocycles. The zero-order valence-corrected chi connectivity index (χ0v) is 14.5. The molecular formula is C17H18O6S. The van der Waals surface area contributed by atoms with Crippen LogP contribution in [0.5, 0.6) is 5.75 Å². The Balaban J connectivity index is 1.81. The minimum absolute atomic E-state index is 0.0279. The second-order valence-corrected chi connectivity index (χ2v) is 5.85. The smallest absolute Gasteiger partial charge is 0.341 e. The van der Waals surface area contributed by atoms with E-state index in [0.717, 1.165) is 10.6 Å². The van der Waals surface area contributed by atoms with Crippen molar-refractivity contribution in [2.45, 2.75) is 18.4 Å².